The number of alkyl halides is 7. The second kappa shape index (κ2) is 12.8. The Bertz CT molecular complexity index is 1080. The summed E-state index contributed by atoms with van der Waals surface area (Å²) in [4.78, 5) is 25.3. The van der Waals surface area contributed by atoms with Gasteiger partial charge in [-0.25, -0.2) is 0 Å². The molecule has 0 aliphatic rings. The van der Waals surface area contributed by atoms with Gasteiger partial charge >= 0.3 is 12.1 Å². The molecule has 198 valence electrons. The highest BCUT2D eigenvalue weighted by atomic mass is 35.5. The van der Waals surface area contributed by atoms with Crippen LogP contribution in [0.1, 0.15) is 28.3 Å². The molecule has 4 nitrogen and oxygen atoms in total. The fourth-order valence-corrected chi connectivity index (χ4v) is 4.66. The lowest BCUT2D eigenvalue weighted by molar-refractivity contribution is -0.283. The third-order valence-electron chi connectivity index (χ3n) is 5.09. The molecule has 2 atom stereocenters. The lowest BCUT2D eigenvalue weighted by Crippen LogP contribution is -2.40. The van der Waals surface area contributed by atoms with E-state index in [1.807, 2.05) is 5.32 Å². The van der Waals surface area contributed by atoms with Crippen molar-refractivity contribution in [3.05, 3.63) is 62.6 Å². The predicted octanol–water partition coefficient (Wildman–Crippen LogP) is 7.78. The Kier molecular flexibility index (Phi) is 10.9. The molecule has 0 aliphatic heterocycles. The molecule has 2 N–H and O–H groups in total. The Morgan fingerprint density at radius 1 is 0.889 bits per heavy atom. The van der Waals surface area contributed by atoms with Crippen LogP contribution in [0.5, 0.6) is 0 Å². The van der Waals surface area contributed by atoms with E-state index < -0.39 is 48.7 Å². The summed E-state index contributed by atoms with van der Waals surface area (Å²) in [6.07, 6.45) is -7.39. The van der Waals surface area contributed by atoms with Crippen molar-refractivity contribution in [2.45, 2.75) is 24.4 Å². The zero-order valence-electron chi connectivity index (χ0n) is 18.0. The first kappa shape index (κ1) is 30.7. The van der Waals surface area contributed by atoms with Gasteiger partial charge in [-0.1, -0.05) is 34.8 Å². The van der Waals surface area contributed by atoms with Gasteiger partial charge in [0, 0.05) is 46.4 Å². The molecule has 2 aromatic rings. The monoisotopic (exact) mass is 612 g/mol. The van der Waals surface area contributed by atoms with Gasteiger partial charge in [-0.3, -0.25) is 9.59 Å². The number of hydrogen-bond donors (Lipinski definition) is 2. The fourth-order valence-electron chi connectivity index (χ4n) is 3.16. The number of anilines is 1. The first-order chi connectivity index (χ1) is 16.7. The van der Waals surface area contributed by atoms with Gasteiger partial charge in [0.2, 0.25) is 5.91 Å². The quantitative estimate of drug-likeness (QED) is 0.212. The number of rotatable bonds is 10. The van der Waals surface area contributed by atoms with E-state index in [-0.39, 0.29) is 28.0 Å². The number of carbonyl (C=O) groups is 2. The van der Waals surface area contributed by atoms with E-state index in [0.29, 0.717) is 15.6 Å². The molecule has 0 fully saturated rings. The smallest absolute Gasteiger partial charge is 0.352 e. The molecule has 0 aromatic heterocycles. The summed E-state index contributed by atoms with van der Waals surface area (Å²) in [6, 6.07) is 8.47. The summed E-state index contributed by atoms with van der Waals surface area (Å²) in [5.74, 6) is -8.11. The van der Waals surface area contributed by atoms with Crippen LogP contribution in [-0.2, 0) is 4.79 Å². The van der Waals surface area contributed by atoms with Gasteiger partial charge in [-0.15, -0.1) is 23.2 Å². The van der Waals surface area contributed by atoms with Crippen LogP contribution in [0.3, 0.4) is 0 Å². The largest absolute Gasteiger partial charge is 0.453 e. The molecular formula is C22H18Cl5F5N2O2. The number of nitrogens with one attached hydrogen (secondary N) is 2. The number of amides is 2. The summed E-state index contributed by atoms with van der Waals surface area (Å²) in [5.41, 5.74) is 0.431. The van der Waals surface area contributed by atoms with Crippen molar-refractivity contribution >= 4 is 75.5 Å². The molecule has 2 aromatic carbocycles. The van der Waals surface area contributed by atoms with Crippen LogP contribution in [0.2, 0.25) is 15.1 Å². The van der Waals surface area contributed by atoms with E-state index >= 15 is 0 Å². The molecule has 0 bridgehead atoms. The number of hydrogen-bond acceptors (Lipinski definition) is 2. The number of halogens is 10. The minimum atomic E-state index is -5.74. The standard InChI is InChI=1S/C22H18Cl5F5N2O2/c23-9-16(11-5-12(25)7-13(26)6-11)17(10-24)20(36)34-14-1-2-18(27)15(8-14)19(35)33-4-3-21(28,29)22(30,31)32/h1-2,5-8,16-17H,3-4,9-10H2,(H,33,35)(H,34,36). The van der Waals surface area contributed by atoms with Crippen LogP contribution in [0.4, 0.5) is 27.6 Å². The summed E-state index contributed by atoms with van der Waals surface area (Å²) in [7, 11) is 0. The van der Waals surface area contributed by atoms with Gasteiger partial charge in [0.05, 0.1) is 16.5 Å². The van der Waals surface area contributed by atoms with E-state index in [1.54, 1.807) is 12.1 Å². The Labute approximate surface area is 228 Å². The molecule has 2 unspecified atom stereocenters. The van der Waals surface area contributed by atoms with Gasteiger partial charge in [0.1, 0.15) is 0 Å². The Balaban J connectivity index is 2.16. The molecule has 0 heterocycles. The van der Waals surface area contributed by atoms with Gasteiger partial charge in [-0.05, 0) is 42.0 Å². The van der Waals surface area contributed by atoms with E-state index in [0.717, 1.165) is 6.07 Å². The first-order valence-electron chi connectivity index (χ1n) is 10.1. The maximum atomic E-state index is 13.1. The second-order valence-corrected chi connectivity index (χ2v) is 9.51. The number of benzene rings is 2. The Morgan fingerprint density at radius 2 is 1.50 bits per heavy atom. The zero-order chi connectivity index (χ0) is 27.3. The van der Waals surface area contributed by atoms with Gasteiger partial charge < -0.3 is 10.6 Å². The summed E-state index contributed by atoms with van der Waals surface area (Å²) < 4.78 is 63.0. The fraction of sp³-hybridized carbons (Fsp3) is 0.364. The topological polar surface area (TPSA) is 58.2 Å². The Morgan fingerprint density at radius 3 is 2.03 bits per heavy atom. The minimum absolute atomic E-state index is 0.00168. The van der Waals surface area contributed by atoms with Crippen LogP contribution in [0.15, 0.2) is 36.4 Å². The van der Waals surface area contributed by atoms with Crippen molar-refractivity contribution < 1.29 is 31.5 Å². The highest BCUT2D eigenvalue weighted by Crippen LogP contribution is 2.37. The minimum Gasteiger partial charge on any atom is -0.352 e. The number of carbonyl (C=O) groups excluding carboxylic acids is 2. The van der Waals surface area contributed by atoms with Gasteiger partial charge in [-0.2, -0.15) is 22.0 Å². The SMILES string of the molecule is O=C(NCCC(F)(F)C(F)(F)F)c1cc(NC(=O)C(CCl)C(CCl)c2cc(Cl)cc(Cl)c2)ccc1Cl. The van der Waals surface area contributed by atoms with Crippen LogP contribution in [0, 0.1) is 5.92 Å². The normalized spacial score (nSPS) is 13.7. The lowest BCUT2D eigenvalue weighted by atomic mass is 9.88. The van der Waals surface area contributed by atoms with Crippen molar-refractivity contribution in [2.75, 3.05) is 23.6 Å². The molecule has 0 saturated heterocycles. The maximum Gasteiger partial charge on any atom is 0.453 e. The highest BCUT2D eigenvalue weighted by Gasteiger charge is 2.56. The molecule has 36 heavy (non-hydrogen) atoms. The van der Waals surface area contributed by atoms with Crippen LogP contribution < -0.4 is 10.6 Å². The second-order valence-electron chi connectivity index (χ2n) is 7.62. The van der Waals surface area contributed by atoms with E-state index in [4.69, 9.17) is 58.0 Å². The third-order valence-corrected chi connectivity index (χ3v) is 6.52. The summed E-state index contributed by atoms with van der Waals surface area (Å²) >= 11 is 30.2. The van der Waals surface area contributed by atoms with Crippen LogP contribution in [0.25, 0.3) is 0 Å². The van der Waals surface area contributed by atoms with Crippen molar-refractivity contribution in [2.24, 2.45) is 5.92 Å². The molecule has 0 spiro atoms. The van der Waals surface area contributed by atoms with Crippen molar-refractivity contribution in [1.29, 1.82) is 0 Å². The molecular weight excluding hydrogens is 597 g/mol. The lowest BCUT2D eigenvalue weighted by Gasteiger charge is -2.24. The van der Waals surface area contributed by atoms with E-state index in [2.05, 4.69) is 5.32 Å². The molecule has 2 rings (SSSR count). The maximum absolute atomic E-state index is 13.1. The molecule has 2 amide bonds. The first-order valence-corrected chi connectivity index (χ1v) is 12.3. The average molecular weight is 615 g/mol. The Hall–Kier alpha value is -1.52. The average Bonchev–Trinajstić information content (AvgIpc) is 2.76. The van der Waals surface area contributed by atoms with Crippen molar-refractivity contribution in [3.8, 4) is 0 Å². The van der Waals surface area contributed by atoms with Crippen LogP contribution >= 0.6 is 58.0 Å². The van der Waals surface area contributed by atoms with E-state index in [9.17, 15) is 31.5 Å². The van der Waals surface area contributed by atoms with E-state index in [1.165, 1.54) is 18.2 Å². The van der Waals surface area contributed by atoms with Crippen molar-refractivity contribution in [3.63, 3.8) is 0 Å². The molecule has 0 radical (unpaired) electrons. The zero-order valence-corrected chi connectivity index (χ0v) is 21.8. The molecule has 14 heteroatoms. The predicted molar refractivity (Wildman–Crippen MR) is 132 cm³/mol. The summed E-state index contributed by atoms with van der Waals surface area (Å²) in [5, 5.41) is 5.09. The summed E-state index contributed by atoms with van der Waals surface area (Å²) in [6.45, 7) is -0.966. The molecule has 0 aliphatic carbocycles. The highest BCUT2D eigenvalue weighted by molar-refractivity contribution is 6.35. The molecule has 0 saturated carbocycles. The van der Waals surface area contributed by atoms with Gasteiger partial charge in [0.15, 0.2) is 0 Å². The van der Waals surface area contributed by atoms with Gasteiger partial charge in [0.25, 0.3) is 5.91 Å². The third kappa shape index (κ3) is 7.99. The van der Waals surface area contributed by atoms with Crippen molar-refractivity contribution in [1.82, 2.24) is 5.32 Å². The van der Waals surface area contributed by atoms with Crippen LogP contribution in [-0.4, -0.2) is 42.2 Å².